The highest BCUT2D eigenvalue weighted by atomic mass is 35.5. The summed E-state index contributed by atoms with van der Waals surface area (Å²) in [6.07, 6.45) is 2.36. The maximum Gasteiger partial charge on any atom is 0.124 e. The molecule has 1 heterocycles. The maximum atomic E-state index is 6.31. The van der Waals surface area contributed by atoms with Gasteiger partial charge in [0.05, 0.1) is 0 Å². The van der Waals surface area contributed by atoms with Gasteiger partial charge in [-0.25, -0.2) is 0 Å². The Balaban J connectivity index is 0.00000171. The summed E-state index contributed by atoms with van der Waals surface area (Å²) in [5, 5.41) is 6.38. The van der Waals surface area contributed by atoms with E-state index in [0.29, 0.717) is 12.6 Å². The molecule has 1 N–H and O–H groups in total. The van der Waals surface area contributed by atoms with Crippen molar-refractivity contribution in [2.24, 2.45) is 0 Å². The Morgan fingerprint density at radius 1 is 0.714 bits per heavy atom. The minimum absolute atomic E-state index is 0. The first-order chi connectivity index (χ1) is 16.3. The summed E-state index contributed by atoms with van der Waals surface area (Å²) in [7, 11) is 0. The number of nitrogens with one attached hydrogen (secondary N) is 1. The van der Waals surface area contributed by atoms with E-state index in [9.17, 15) is 0 Å². The van der Waals surface area contributed by atoms with Gasteiger partial charge in [-0.3, -0.25) is 4.90 Å². The van der Waals surface area contributed by atoms with Crippen molar-refractivity contribution in [1.82, 2.24) is 10.2 Å². The van der Waals surface area contributed by atoms with E-state index >= 15 is 0 Å². The number of nitrogens with zero attached hydrogens (tertiary/aromatic N) is 1. The molecule has 4 aromatic rings. The molecule has 4 aromatic carbocycles. The smallest absolute Gasteiger partial charge is 0.124 e. The molecule has 0 atom stereocenters. The molecule has 1 aliphatic rings. The van der Waals surface area contributed by atoms with Crippen molar-refractivity contribution in [3.63, 3.8) is 0 Å². The van der Waals surface area contributed by atoms with E-state index in [1.807, 2.05) is 6.07 Å². The van der Waals surface area contributed by atoms with E-state index < -0.39 is 0 Å². The first kappa shape index (κ1) is 27.0. The number of hydrogen-bond acceptors (Lipinski definition) is 3. The Morgan fingerprint density at radius 2 is 1.34 bits per heavy atom. The second-order valence-corrected chi connectivity index (χ2v) is 8.95. The molecule has 5 rings (SSSR count). The lowest BCUT2D eigenvalue weighted by Crippen LogP contribution is -2.41. The molecule has 3 nitrogen and oxygen atoms in total. The van der Waals surface area contributed by atoms with Crippen LogP contribution in [0.4, 0.5) is 0 Å². The molecule has 0 bridgehead atoms. The minimum atomic E-state index is 0. The highest BCUT2D eigenvalue weighted by Crippen LogP contribution is 2.29. The van der Waals surface area contributed by atoms with Crippen molar-refractivity contribution in [1.29, 1.82) is 0 Å². The number of rotatable bonds is 8. The quantitative estimate of drug-likeness (QED) is 0.276. The molecule has 0 amide bonds. The first-order valence-corrected chi connectivity index (χ1v) is 12.0. The third-order valence-corrected chi connectivity index (χ3v) is 6.64. The lowest BCUT2D eigenvalue weighted by Gasteiger charge is -2.32. The van der Waals surface area contributed by atoms with Crippen LogP contribution < -0.4 is 10.1 Å². The standard InChI is InChI=1S/C30H32N2O.2ClH/c1-3-9-24(10-4-1)22-32-19-17-27(18-20-32)31-21-29-28-14-8-7-13-26(28)15-16-30(29)33-23-25-11-5-2-6-12-25;;/h1-16,27,31H,17-23H2;2*1H. The van der Waals surface area contributed by atoms with Crippen LogP contribution in [0.25, 0.3) is 10.8 Å². The largest absolute Gasteiger partial charge is 0.489 e. The number of hydrogen-bond donors (Lipinski definition) is 1. The monoisotopic (exact) mass is 508 g/mol. The minimum Gasteiger partial charge on any atom is -0.489 e. The van der Waals surface area contributed by atoms with Crippen LogP contribution in [0.15, 0.2) is 97.1 Å². The fourth-order valence-corrected chi connectivity index (χ4v) is 4.75. The Morgan fingerprint density at radius 3 is 2.06 bits per heavy atom. The van der Waals surface area contributed by atoms with Crippen LogP contribution in [0.3, 0.4) is 0 Å². The van der Waals surface area contributed by atoms with E-state index in [2.05, 4.69) is 101 Å². The van der Waals surface area contributed by atoms with E-state index in [0.717, 1.165) is 31.9 Å². The summed E-state index contributed by atoms with van der Waals surface area (Å²) < 4.78 is 6.31. The van der Waals surface area contributed by atoms with Crippen LogP contribution in [0.5, 0.6) is 5.75 Å². The van der Waals surface area contributed by atoms with Gasteiger partial charge in [-0.05, 0) is 53.9 Å². The normalized spacial score (nSPS) is 14.2. The maximum absolute atomic E-state index is 6.31. The second kappa shape index (κ2) is 13.5. The van der Waals surface area contributed by atoms with Gasteiger partial charge in [0.1, 0.15) is 12.4 Å². The average molecular weight is 510 g/mol. The molecule has 1 saturated heterocycles. The molecule has 1 aliphatic heterocycles. The molecule has 0 aromatic heterocycles. The summed E-state index contributed by atoms with van der Waals surface area (Å²) in [5.74, 6) is 0.978. The molecular weight excluding hydrogens is 475 g/mol. The van der Waals surface area contributed by atoms with Crippen LogP contribution >= 0.6 is 24.8 Å². The topological polar surface area (TPSA) is 24.5 Å². The van der Waals surface area contributed by atoms with Crippen LogP contribution in [-0.4, -0.2) is 24.0 Å². The number of piperidine rings is 1. The highest BCUT2D eigenvalue weighted by molar-refractivity contribution is 5.87. The molecule has 0 saturated carbocycles. The number of likely N-dealkylation sites (tertiary alicyclic amines) is 1. The Bertz CT molecular complexity index is 1160. The molecular formula is C30H34Cl2N2O. The van der Waals surface area contributed by atoms with Gasteiger partial charge in [0.25, 0.3) is 0 Å². The Hall–Kier alpha value is -2.56. The summed E-state index contributed by atoms with van der Waals surface area (Å²) in [4.78, 5) is 2.57. The molecule has 0 spiro atoms. The van der Waals surface area contributed by atoms with Gasteiger partial charge in [-0.1, -0.05) is 91.0 Å². The fraction of sp³-hybridized carbons (Fsp3) is 0.267. The summed E-state index contributed by atoms with van der Waals surface area (Å²) >= 11 is 0. The van der Waals surface area contributed by atoms with Crippen LogP contribution in [0.1, 0.15) is 29.5 Å². The van der Waals surface area contributed by atoms with Crippen molar-refractivity contribution < 1.29 is 4.74 Å². The van der Waals surface area contributed by atoms with Crippen LogP contribution in [-0.2, 0) is 19.7 Å². The molecule has 35 heavy (non-hydrogen) atoms. The number of ether oxygens (including phenoxy) is 1. The zero-order chi connectivity index (χ0) is 22.3. The Kier molecular flexibility index (Phi) is 10.4. The van der Waals surface area contributed by atoms with Crippen molar-refractivity contribution in [2.45, 2.75) is 38.6 Å². The summed E-state index contributed by atoms with van der Waals surface area (Å²) in [5.41, 5.74) is 3.85. The molecule has 0 radical (unpaired) electrons. The van der Waals surface area contributed by atoms with E-state index in [1.165, 1.54) is 40.3 Å². The van der Waals surface area contributed by atoms with Crippen LogP contribution in [0.2, 0.25) is 0 Å². The average Bonchev–Trinajstić information content (AvgIpc) is 2.88. The molecule has 1 fully saturated rings. The number of benzene rings is 4. The third kappa shape index (κ3) is 7.22. The van der Waals surface area contributed by atoms with E-state index in [-0.39, 0.29) is 24.8 Å². The molecule has 0 unspecified atom stereocenters. The molecule has 184 valence electrons. The fourth-order valence-electron chi connectivity index (χ4n) is 4.75. The predicted molar refractivity (Wildman–Crippen MR) is 151 cm³/mol. The van der Waals surface area contributed by atoms with Crippen molar-refractivity contribution in [2.75, 3.05) is 13.1 Å². The highest BCUT2D eigenvalue weighted by Gasteiger charge is 2.20. The number of fused-ring (bicyclic) bond motifs is 1. The van der Waals surface area contributed by atoms with Gasteiger partial charge >= 0.3 is 0 Å². The summed E-state index contributed by atoms with van der Waals surface area (Å²) in [6.45, 7) is 4.74. The van der Waals surface area contributed by atoms with Crippen LogP contribution in [0, 0.1) is 0 Å². The zero-order valence-electron chi connectivity index (χ0n) is 19.9. The van der Waals surface area contributed by atoms with Gasteiger partial charge in [0.2, 0.25) is 0 Å². The van der Waals surface area contributed by atoms with Gasteiger partial charge in [-0.15, -0.1) is 24.8 Å². The zero-order valence-corrected chi connectivity index (χ0v) is 21.6. The van der Waals surface area contributed by atoms with Gasteiger partial charge in [-0.2, -0.15) is 0 Å². The predicted octanol–water partition coefficient (Wildman–Crippen LogP) is 7.02. The first-order valence-electron chi connectivity index (χ1n) is 12.0. The van der Waals surface area contributed by atoms with Crippen molar-refractivity contribution in [3.8, 4) is 5.75 Å². The molecule has 0 aliphatic carbocycles. The van der Waals surface area contributed by atoms with Gasteiger partial charge in [0, 0.05) is 24.7 Å². The summed E-state index contributed by atoms with van der Waals surface area (Å²) in [6, 6.07) is 34.6. The van der Waals surface area contributed by atoms with Gasteiger partial charge < -0.3 is 10.1 Å². The Labute approximate surface area is 221 Å². The van der Waals surface area contributed by atoms with Crippen molar-refractivity contribution in [3.05, 3.63) is 114 Å². The third-order valence-electron chi connectivity index (χ3n) is 6.64. The van der Waals surface area contributed by atoms with E-state index in [1.54, 1.807) is 0 Å². The van der Waals surface area contributed by atoms with E-state index in [4.69, 9.17) is 4.74 Å². The van der Waals surface area contributed by atoms with Gasteiger partial charge in [0.15, 0.2) is 0 Å². The second-order valence-electron chi connectivity index (χ2n) is 8.95. The number of halogens is 2. The molecule has 5 heteroatoms. The lowest BCUT2D eigenvalue weighted by molar-refractivity contribution is 0.190. The van der Waals surface area contributed by atoms with Crippen molar-refractivity contribution >= 4 is 35.6 Å². The SMILES string of the molecule is Cl.Cl.c1ccc(COc2ccc3ccccc3c2CNC2CCN(Cc3ccccc3)CC2)cc1. The lowest BCUT2D eigenvalue weighted by atomic mass is 10.0.